The zero-order valence-corrected chi connectivity index (χ0v) is 10.6. The highest BCUT2D eigenvalue weighted by Gasteiger charge is 2.15. The van der Waals surface area contributed by atoms with Crippen LogP contribution in [-0.4, -0.2) is 27.1 Å². The first kappa shape index (κ1) is 13.6. The van der Waals surface area contributed by atoms with Gasteiger partial charge in [-0.25, -0.2) is 0 Å². The standard InChI is InChI=1S/C13H15N3O2/c1-16(2)10-6-4-9(5-7-10)12(18-3)11(8-14)13(15)17/h4-7H,1-3H3,(H2,15,17)/b12-11-. The third-order valence-electron chi connectivity index (χ3n) is 2.44. The molecule has 18 heavy (non-hydrogen) atoms. The van der Waals surface area contributed by atoms with E-state index in [0.29, 0.717) is 5.56 Å². The second-order valence-corrected chi connectivity index (χ2v) is 3.83. The monoisotopic (exact) mass is 245 g/mol. The van der Waals surface area contributed by atoms with Crippen molar-refractivity contribution >= 4 is 17.4 Å². The van der Waals surface area contributed by atoms with Gasteiger partial charge in [0.15, 0.2) is 5.57 Å². The number of nitrogens with zero attached hydrogens (tertiary/aromatic N) is 2. The number of rotatable bonds is 4. The van der Waals surface area contributed by atoms with E-state index in [1.54, 1.807) is 18.2 Å². The van der Waals surface area contributed by atoms with Crippen LogP contribution in [0.4, 0.5) is 5.69 Å². The Morgan fingerprint density at radius 2 is 1.89 bits per heavy atom. The summed E-state index contributed by atoms with van der Waals surface area (Å²) in [7, 11) is 5.24. The number of hydrogen-bond acceptors (Lipinski definition) is 4. The van der Waals surface area contributed by atoms with Gasteiger partial charge in [0.2, 0.25) is 0 Å². The topological polar surface area (TPSA) is 79.3 Å². The maximum atomic E-state index is 11.1. The average molecular weight is 245 g/mol. The molecule has 1 rings (SSSR count). The minimum Gasteiger partial charge on any atom is -0.495 e. The van der Waals surface area contributed by atoms with Crippen LogP contribution in [0.25, 0.3) is 5.76 Å². The van der Waals surface area contributed by atoms with Crippen molar-refractivity contribution in [3.8, 4) is 6.07 Å². The van der Waals surface area contributed by atoms with Gasteiger partial charge in [0, 0.05) is 25.3 Å². The first-order valence-corrected chi connectivity index (χ1v) is 5.27. The lowest BCUT2D eigenvalue weighted by Crippen LogP contribution is -2.15. The van der Waals surface area contributed by atoms with Crippen LogP contribution >= 0.6 is 0 Å². The molecule has 0 unspecified atom stereocenters. The van der Waals surface area contributed by atoms with Gasteiger partial charge in [-0.2, -0.15) is 5.26 Å². The van der Waals surface area contributed by atoms with Crippen molar-refractivity contribution < 1.29 is 9.53 Å². The van der Waals surface area contributed by atoms with Crippen molar-refractivity contribution in [2.45, 2.75) is 0 Å². The van der Waals surface area contributed by atoms with Gasteiger partial charge >= 0.3 is 0 Å². The molecule has 0 heterocycles. The number of amides is 1. The summed E-state index contributed by atoms with van der Waals surface area (Å²) in [5, 5.41) is 8.91. The largest absolute Gasteiger partial charge is 0.495 e. The molecule has 1 amide bonds. The molecule has 0 bridgehead atoms. The lowest BCUT2D eigenvalue weighted by atomic mass is 10.1. The normalized spacial score (nSPS) is 11.2. The Labute approximate surface area is 106 Å². The number of carbonyl (C=O) groups excluding carboxylic acids is 1. The van der Waals surface area contributed by atoms with Gasteiger partial charge < -0.3 is 15.4 Å². The minimum absolute atomic E-state index is 0.185. The smallest absolute Gasteiger partial charge is 0.263 e. The van der Waals surface area contributed by atoms with E-state index in [1.165, 1.54) is 7.11 Å². The molecular weight excluding hydrogens is 230 g/mol. The summed E-state index contributed by atoms with van der Waals surface area (Å²) >= 11 is 0. The van der Waals surface area contributed by atoms with E-state index >= 15 is 0 Å². The SMILES string of the molecule is CO/C(=C(/C#N)C(N)=O)c1ccc(N(C)C)cc1. The molecule has 0 aliphatic carbocycles. The van der Waals surface area contributed by atoms with Gasteiger partial charge in [-0.05, 0) is 24.3 Å². The number of ether oxygens (including phenoxy) is 1. The van der Waals surface area contributed by atoms with Gasteiger partial charge in [-0.15, -0.1) is 0 Å². The number of carbonyl (C=O) groups is 1. The fraction of sp³-hybridized carbons (Fsp3) is 0.231. The molecule has 0 fully saturated rings. The Kier molecular flexibility index (Phi) is 4.33. The number of primary amides is 1. The fourth-order valence-corrected chi connectivity index (χ4v) is 1.49. The van der Waals surface area contributed by atoms with E-state index in [-0.39, 0.29) is 11.3 Å². The summed E-state index contributed by atoms with van der Waals surface area (Å²) in [6.07, 6.45) is 0. The predicted octanol–water partition coefficient (Wildman–Crippen LogP) is 1.12. The van der Waals surface area contributed by atoms with Gasteiger partial charge in [-0.3, -0.25) is 4.79 Å². The maximum Gasteiger partial charge on any atom is 0.263 e. The van der Waals surface area contributed by atoms with Crippen LogP contribution in [0, 0.1) is 11.3 Å². The number of methoxy groups -OCH3 is 1. The van der Waals surface area contributed by atoms with Crippen molar-refractivity contribution in [3.63, 3.8) is 0 Å². The van der Waals surface area contributed by atoms with Crippen LogP contribution in [-0.2, 0) is 9.53 Å². The second-order valence-electron chi connectivity index (χ2n) is 3.83. The Hall–Kier alpha value is -2.48. The maximum absolute atomic E-state index is 11.1. The third-order valence-corrected chi connectivity index (χ3v) is 2.44. The van der Waals surface area contributed by atoms with E-state index in [0.717, 1.165) is 5.69 Å². The summed E-state index contributed by atoms with van der Waals surface area (Å²) in [5.74, 6) is -0.610. The Balaban J connectivity index is 3.26. The number of hydrogen-bond donors (Lipinski definition) is 1. The second kappa shape index (κ2) is 5.73. The molecule has 0 aliphatic rings. The molecular formula is C13H15N3O2. The zero-order valence-electron chi connectivity index (χ0n) is 10.6. The van der Waals surface area contributed by atoms with E-state index < -0.39 is 5.91 Å². The summed E-state index contributed by atoms with van der Waals surface area (Å²) in [4.78, 5) is 13.1. The van der Waals surface area contributed by atoms with Crippen molar-refractivity contribution in [2.75, 3.05) is 26.1 Å². The van der Waals surface area contributed by atoms with Crippen LogP contribution < -0.4 is 10.6 Å². The first-order valence-electron chi connectivity index (χ1n) is 5.27. The highest BCUT2D eigenvalue weighted by molar-refractivity contribution is 6.02. The van der Waals surface area contributed by atoms with Gasteiger partial charge in [0.25, 0.3) is 5.91 Å². The van der Waals surface area contributed by atoms with E-state index in [2.05, 4.69) is 0 Å². The van der Waals surface area contributed by atoms with Crippen LogP contribution in [0.1, 0.15) is 5.56 Å². The first-order chi connectivity index (χ1) is 8.51. The molecule has 1 aromatic carbocycles. The number of nitriles is 1. The van der Waals surface area contributed by atoms with Crippen LogP contribution in [0.15, 0.2) is 29.8 Å². The van der Waals surface area contributed by atoms with E-state index in [4.69, 9.17) is 15.7 Å². The van der Waals surface area contributed by atoms with Gasteiger partial charge in [0.05, 0.1) is 7.11 Å². The molecule has 2 N–H and O–H groups in total. The quantitative estimate of drug-likeness (QED) is 0.489. The molecule has 94 valence electrons. The molecule has 1 aromatic rings. The minimum atomic E-state index is -0.800. The van der Waals surface area contributed by atoms with Crippen molar-refractivity contribution in [3.05, 3.63) is 35.4 Å². The highest BCUT2D eigenvalue weighted by atomic mass is 16.5. The lowest BCUT2D eigenvalue weighted by molar-refractivity contribution is -0.114. The molecule has 0 spiro atoms. The molecule has 5 nitrogen and oxygen atoms in total. The Morgan fingerprint density at radius 3 is 2.22 bits per heavy atom. The Morgan fingerprint density at radius 1 is 1.33 bits per heavy atom. The average Bonchev–Trinajstić information content (AvgIpc) is 2.35. The molecule has 0 saturated carbocycles. The summed E-state index contributed by atoms with van der Waals surface area (Å²) in [6, 6.07) is 9.03. The Bertz CT molecular complexity index is 510. The van der Waals surface area contributed by atoms with Gasteiger partial charge in [-0.1, -0.05) is 0 Å². The lowest BCUT2D eigenvalue weighted by Gasteiger charge is -2.13. The van der Waals surface area contributed by atoms with Crippen LogP contribution in [0.3, 0.4) is 0 Å². The van der Waals surface area contributed by atoms with Crippen molar-refractivity contribution in [1.29, 1.82) is 5.26 Å². The number of benzene rings is 1. The third kappa shape index (κ3) is 2.80. The van der Waals surface area contributed by atoms with Crippen LogP contribution in [0.5, 0.6) is 0 Å². The predicted molar refractivity (Wildman–Crippen MR) is 69.5 cm³/mol. The molecule has 0 atom stereocenters. The molecule has 0 radical (unpaired) electrons. The van der Waals surface area contributed by atoms with Gasteiger partial charge in [0.1, 0.15) is 11.8 Å². The fourth-order valence-electron chi connectivity index (χ4n) is 1.49. The molecule has 0 aromatic heterocycles. The molecule has 0 saturated heterocycles. The number of nitrogens with two attached hydrogens (primary N) is 1. The van der Waals surface area contributed by atoms with E-state index in [9.17, 15) is 4.79 Å². The molecule has 5 heteroatoms. The highest BCUT2D eigenvalue weighted by Crippen LogP contribution is 2.22. The summed E-state index contributed by atoms with van der Waals surface area (Å²) in [5.41, 5.74) is 6.59. The van der Waals surface area contributed by atoms with E-state index in [1.807, 2.05) is 31.1 Å². The molecule has 0 aliphatic heterocycles. The zero-order chi connectivity index (χ0) is 13.7. The summed E-state index contributed by atoms with van der Waals surface area (Å²) < 4.78 is 5.09. The van der Waals surface area contributed by atoms with Crippen molar-refractivity contribution in [1.82, 2.24) is 0 Å². The van der Waals surface area contributed by atoms with Crippen LogP contribution in [0.2, 0.25) is 0 Å². The summed E-state index contributed by atoms with van der Waals surface area (Å²) in [6.45, 7) is 0. The number of anilines is 1. The van der Waals surface area contributed by atoms with Crippen molar-refractivity contribution in [2.24, 2.45) is 5.73 Å².